The van der Waals surface area contributed by atoms with Gasteiger partial charge in [0.25, 0.3) is 0 Å². The van der Waals surface area contributed by atoms with Crippen molar-refractivity contribution in [2.45, 2.75) is 53.4 Å². The first kappa shape index (κ1) is 10.1. The summed E-state index contributed by atoms with van der Waals surface area (Å²) in [6.45, 7) is 9.55. The minimum atomic E-state index is 0.991. The molecule has 1 fully saturated rings. The van der Waals surface area contributed by atoms with Crippen LogP contribution in [-0.4, -0.2) is 0 Å². The first-order valence-electron chi connectivity index (χ1n) is 5.74. The van der Waals surface area contributed by atoms with Crippen molar-refractivity contribution in [2.75, 3.05) is 0 Å². The second kappa shape index (κ2) is 4.30. The molecule has 0 aliphatic heterocycles. The molecule has 0 saturated heterocycles. The van der Waals surface area contributed by atoms with Gasteiger partial charge in [0.05, 0.1) is 0 Å². The Labute approximate surface area is 77.7 Å². The van der Waals surface area contributed by atoms with Crippen LogP contribution in [-0.2, 0) is 0 Å². The van der Waals surface area contributed by atoms with Crippen LogP contribution in [0, 0.1) is 23.7 Å². The highest BCUT2D eigenvalue weighted by molar-refractivity contribution is 4.86. The predicted octanol–water partition coefficient (Wildman–Crippen LogP) is 4.10. The minimum absolute atomic E-state index is 0.991. The van der Waals surface area contributed by atoms with Gasteiger partial charge in [-0.3, -0.25) is 0 Å². The molecule has 0 aromatic rings. The van der Waals surface area contributed by atoms with Gasteiger partial charge < -0.3 is 0 Å². The van der Waals surface area contributed by atoms with Crippen molar-refractivity contribution in [2.24, 2.45) is 23.7 Å². The fraction of sp³-hybridized carbons (Fsp3) is 1.00. The molecule has 0 spiro atoms. The molecule has 72 valence electrons. The highest BCUT2D eigenvalue weighted by Crippen LogP contribution is 2.45. The van der Waals surface area contributed by atoms with E-state index in [1.165, 1.54) is 25.7 Å². The average molecular weight is 168 g/mol. The zero-order valence-electron chi connectivity index (χ0n) is 9.14. The molecule has 0 heterocycles. The van der Waals surface area contributed by atoms with E-state index in [1.807, 2.05) is 0 Å². The van der Waals surface area contributed by atoms with Crippen LogP contribution in [0.4, 0.5) is 0 Å². The summed E-state index contributed by atoms with van der Waals surface area (Å²) in [6, 6.07) is 0. The fourth-order valence-corrected chi connectivity index (χ4v) is 3.27. The normalized spacial score (nSPS) is 42.0. The number of hydrogen-bond acceptors (Lipinski definition) is 0. The smallest absolute Gasteiger partial charge is 0.0360 e. The van der Waals surface area contributed by atoms with Crippen LogP contribution in [0.3, 0.4) is 0 Å². The largest absolute Gasteiger partial charge is 0.0651 e. The standard InChI is InChI=1S/C12H24/c1-5-10-8-11(6-2)12(7-3)9(10)4/h9-12H,5-8H2,1-4H3. The predicted molar refractivity (Wildman–Crippen MR) is 55.1 cm³/mol. The molecule has 0 bridgehead atoms. The summed E-state index contributed by atoms with van der Waals surface area (Å²) in [5, 5.41) is 0. The quantitative estimate of drug-likeness (QED) is 0.595. The molecule has 0 N–H and O–H groups in total. The zero-order chi connectivity index (χ0) is 9.14. The van der Waals surface area contributed by atoms with Crippen LogP contribution in [0.1, 0.15) is 53.4 Å². The van der Waals surface area contributed by atoms with Crippen LogP contribution in [0.2, 0.25) is 0 Å². The molecule has 0 aromatic carbocycles. The Bertz CT molecular complexity index is 126. The van der Waals surface area contributed by atoms with Gasteiger partial charge in [-0.05, 0) is 30.1 Å². The highest BCUT2D eigenvalue weighted by Gasteiger charge is 2.36. The van der Waals surface area contributed by atoms with Crippen LogP contribution >= 0.6 is 0 Å². The van der Waals surface area contributed by atoms with Crippen LogP contribution in [0.25, 0.3) is 0 Å². The SMILES string of the molecule is CCC1CC(CC)C(CC)C1C. The Morgan fingerprint density at radius 2 is 1.50 bits per heavy atom. The van der Waals surface area contributed by atoms with Gasteiger partial charge in [-0.25, -0.2) is 0 Å². The topological polar surface area (TPSA) is 0 Å². The summed E-state index contributed by atoms with van der Waals surface area (Å²) in [7, 11) is 0. The van der Waals surface area contributed by atoms with Crippen LogP contribution in [0.15, 0.2) is 0 Å². The van der Waals surface area contributed by atoms with Gasteiger partial charge in [-0.2, -0.15) is 0 Å². The van der Waals surface area contributed by atoms with E-state index in [-0.39, 0.29) is 0 Å². The third-order valence-corrected chi connectivity index (χ3v) is 4.15. The maximum atomic E-state index is 2.47. The Morgan fingerprint density at radius 3 is 1.83 bits per heavy atom. The van der Waals surface area contributed by atoms with E-state index in [0.717, 1.165) is 23.7 Å². The van der Waals surface area contributed by atoms with Gasteiger partial charge in [-0.1, -0.05) is 47.0 Å². The maximum Gasteiger partial charge on any atom is -0.0360 e. The molecule has 4 unspecified atom stereocenters. The zero-order valence-corrected chi connectivity index (χ0v) is 9.14. The van der Waals surface area contributed by atoms with Gasteiger partial charge in [0.1, 0.15) is 0 Å². The van der Waals surface area contributed by atoms with E-state index in [0.29, 0.717) is 0 Å². The third-order valence-electron chi connectivity index (χ3n) is 4.15. The third kappa shape index (κ3) is 1.67. The van der Waals surface area contributed by atoms with Gasteiger partial charge in [-0.15, -0.1) is 0 Å². The average Bonchev–Trinajstić information content (AvgIpc) is 2.41. The second-order valence-electron chi connectivity index (χ2n) is 4.50. The lowest BCUT2D eigenvalue weighted by molar-refractivity contribution is 0.289. The Kier molecular flexibility index (Phi) is 3.61. The second-order valence-corrected chi connectivity index (χ2v) is 4.50. The first-order valence-corrected chi connectivity index (χ1v) is 5.74. The fourth-order valence-electron chi connectivity index (χ4n) is 3.27. The lowest BCUT2D eigenvalue weighted by Crippen LogP contribution is -2.13. The van der Waals surface area contributed by atoms with Crippen molar-refractivity contribution in [3.05, 3.63) is 0 Å². The summed E-state index contributed by atoms with van der Waals surface area (Å²) in [6.07, 6.45) is 5.70. The molecule has 4 atom stereocenters. The summed E-state index contributed by atoms with van der Waals surface area (Å²) in [4.78, 5) is 0. The number of rotatable bonds is 3. The molecule has 1 rings (SSSR count). The first-order chi connectivity index (χ1) is 5.74. The van der Waals surface area contributed by atoms with Gasteiger partial charge in [0.15, 0.2) is 0 Å². The molecule has 0 nitrogen and oxygen atoms in total. The van der Waals surface area contributed by atoms with E-state index in [4.69, 9.17) is 0 Å². The lowest BCUT2D eigenvalue weighted by Gasteiger charge is -2.20. The molecular weight excluding hydrogens is 144 g/mol. The van der Waals surface area contributed by atoms with E-state index < -0.39 is 0 Å². The van der Waals surface area contributed by atoms with Gasteiger partial charge in [0.2, 0.25) is 0 Å². The monoisotopic (exact) mass is 168 g/mol. The number of hydrogen-bond donors (Lipinski definition) is 0. The van der Waals surface area contributed by atoms with Crippen LogP contribution in [0.5, 0.6) is 0 Å². The molecule has 0 heteroatoms. The van der Waals surface area contributed by atoms with Crippen molar-refractivity contribution >= 4 is 0 Å². The summed E-state index contributed by atoms with van der Waals surface area (Å²) in [5.74, 6) is 4.08. The Balaban J connectivity index is 2.58. The Hall–Kier alpha value is 0. The molecule has 0 aromatic heterocycles. The molecular formula is C12H24. The maximum absolute atomic E-state index is 2.47. The van der Waals surface area contributed by atoms with E-state index in [2.05, 4.69) is 27.7 Å². The van der Waals surface area contributed by atoms with Crippen LogP contribution < -0.4 is 0 Å². The van der Waals surface area contributed by atoms with Crippen molar-refractivity contribution in [3.63, 3.8) is 0 Å². The van der Waals surface area contributed by atoms with Crippen molar-refractivity contribution in [3.8, 4) is 0 Å². The summed E-state index contributed by atoms with van der Waals surface area (Å²) < 4.78 is 0. The minimum Gasteiger partial charge on any atom is -0.0651 e. The molecule has 1 aliphatic carbocycles. The summed E-state index contributed by atoms with van der Waals surface area (Å²) in [5.41, 5.74) is 0. The van der Waals surface area contributed by atoms with E-state index >= 15 is 0 Å². The molecule has 0 amide bonds. The van der Waals surface area contributed by atoms with E-state index in [1.54, 1.807) is 0 Å². The highest BCUT2D eigenvalue weighted by atomic mass is 14.4. The lowest BCUT2D eigenvalue weighted by atomic mass is 9.85. The molecule has 1 saturated carbocycles. The molecule has 1 aliphatic rings. The Morgan fingerprint density at radius 1 is 0.917 bits per heavy atom. The van der Waals surface area contributed by atoms with Gasteiger partial charge in [0, 0.05) is 0 Å². The van der Waals surface area contributed by atoms with Crippen molar-refractivity contribution in [1.82, 2.24) is 0 Å². The summed E-state index contributed by atoms with van der Waals surface area (Å²) >= 11 is 0. The van der Waals surface area contributed by atoms with E-state index in [9.17, 15) is 0 Å². The molecule has 12 heavy (non-hydrogen) atoms. The molecule has 0 radical (unpaired) electrons. The van der Waals surface area contributed by atoms with Gasteiger partial charge >= 0.3 is 0 Å². The van der Waals surface area contributed by atoms with Crippen molar-refractivity contribution in [1.29, 1.82) is 0 Å². The van der Waals surface area contributed by atoms with Crippen molar-refractivity contribution < 1.29 is 0 Å².